The number of aryl methyl sites for hydroxylation is 1. The number of hydrogen-bond donors (Lipinski definition) is 1. The zero-order valence-electron chi connectivity index (χ0n) is 11.6. The van der Waals surface area contributed by atoms with E-state index in [-0.39, 0.29) is 0 Å². The molecule has 0 radical (unpaired) electrons. The van der Waals surface area contributed by atoms with Crippen molar-refractivity contribution >= 4 is 0 Å². The average molecular weight is 243 g/mol. The van der Waals surface area contributed by atoms with Gasteiger partial charge in [-0.25, -0.2) is 4.68 Å². The summed E-state index contributed by atoms with van der Waals surface area (Å²) in [6, 6.07) is 6.31. The monoisotopic (exact) mass is 243 g/mol. The van der Waals surface area contributed by atoms with E-state index < -0.39 is 0 Å². The maximum Gasteiger partial charge on any atom is 0.0680 e. The summed E-state index contributed by atoms with van der Waals surface area (Å²) in [7, 11) is 0. The number of aromatic nitrogens is 2. The van der Waals surface area contributed by atoms with Crippen molar-refractivity contribution in [1.29, 1.82) is 0 Å². The summed E-state index contributed by atoms with van der Waals surface area (Å²) in [5, 5.41) is 4.52. The summed E-state index contributed by atoms with van der Waals surface area (Å²) < 4.78 is 2.04. The first-order chi connectivity index (χ1) is 8.56. The molecule has 0 aliphatic heterocycles. The molecule has 1 aromatic carbocycles. The van der Waals surface area contributed by atoms with Gasteiger partial charge < -0.3 is 5.73 Å². The van der Waals surface area contributed by atoms with Gasteiger partial charge >= 0.3 is 0 Å². The van der Waals surface area contributed by atoms with Gasteiger partial charge in [0.15, 0.2) is 0 Å². The van der Waals surface area contributed by atoms with Crippen molar-refractivity contribution in [2.24, 2.45) is 5.73 Å². The minimum Gasteiger partial charge on any atom is -0.326 e. The number of benzene rings is 1. The number of nitrogens with two attached hydrogens (primary N) is 1. The van der Waals surface area contributed by atoms with Gasteiger partial charge in [-0.1, -0.05) is 26.0 Å². The van der Waals surface area contributed by atoms with Crippen molar-refractivity contribution in [3.8, 4) is 5.69 Å². The van der Waals surface area contributed by atoms with E-state index in [2.05, 4.69) is 51.0 Å². The maximum atomic E-state index is 5.79. The first-order valence-electron chi connectivity index (χ1n) is 6.39. The molecule has 0 unspecified atom stereocenters. The van der Waals surface area contributed by atoms with E-state index >= 15 is 0 Å². The molecule has 1 heterocycles. The topological polar surface area (TPSA) is 43.8 Å². The van der Waals surface area contributed by atoms with Crippen LogP contribution in [0.1, 0.15) is 42.1 Å². The van der Waals surface area contributed by atoms with Gasteiger partial charge in [-0.15, -0.1) is 0 Å². The van der Waals surface area contributed by atoms with Crippen LogP contribution in [-0.4, -0.2) is 9.78 Å². The van der Waals surface area contributed by atoms with Crippen LogP contribution in [0.15, 0.2) is 24.4 Å². The third-order valence-corrected chi connectivity index (χ3v) is 3.46. The highest BCUT2D eigenvalue weighted by molar-refractivity contribution is 5.46. The normalized spacial score (nSPS) is 11.2. The molecule has 0 aliphatic rings. The average Bonchev–Trinajstić information content (AvgIpc) is 2.76. The predicted octanol–water partition coefficient (Wildman–Crippen LogP) is 3.07. The third kappa shape index (κ3) is 2.06. The minimum atomic E-state index is 0.408. The fourth-order valence-electron chi connectivity index (χ4n) is 2.32. The van der Waals surface area contributed by atoms with Crippen LogP contribution in [0.4, 0.5) is 0 Å². The van der Waals surface area contributed by atoms with Crippen LogP contribution in [0, 0.1) is 13.8 Å². The van der Waals surface area contributed by atoms with Crippen LogP contribution in [0.3, 0.4) is 0 Å². The largest absolute Gasteiger partial charge is 0.326 e. The zero-order chi connectivity index (χ0) is 13.3. The van der Waals surface area contributed by atoms with Gasteiger partial charge in [0.05, 0.1) is 17.6 Å². The fraction of sp³-hybridized carbons (Fsp3) is 0.400. The highest BCUT2D eigenvalue weighted by atomic mass is 15.3. The fourth-order valence-corrected chi connectivity index (χ4v) is 2.32. The summed E-state index contributed by atoms with van der Waals surface area (Å²) >= 11 is 0. The molecule has 96 valence electrons. The second-order valence-corrected chi connectivity index (χ2v) is 5.04. The molecule has 0 aliphatic carbocycles. The molecule has 0 saturated heterocycles. The standard InChI is InChI=1S/C15H21N3/c1-10(2)15-13(8-16)9-17-18(15)14-7-5-6-11(3)12(14)4/h5-7,9-10H,8,16H2,1-4H3. The maximum absolute atomic E-state index is 5.79. The molecule has 18 heavy (non-hydrogen) atoms. The van der Waals surface area contributed by atoms with E-state index in [1.807, 2.05) is 10.9 Å². The second kappa shape index (κ2) is 4.94. The Labute approximate surface area is 109 Å². The van der Waals surface area contributed by atoms with Gasteiger partial charge in [0.2, 0.25) is 0 Å². The van der Waals surface area contributed by atoms with E-state index in [0.717, 1.165) is 11.3 Å². The van der Waals surface area contributed by atoms with Crippen LogP contribution in [0.25, 0.3) is 5.69 Å². The molecule has 0 bridgehead atoms. The van der Waals surface area contributed by atoms with Crippen molar-refractivity contribution in [2.75, 3.05) is 0 Å². The molecule has 0 fully saturated rings. The lowest BCUT2D eigenvalue weighted by Crippen LogP contribution is -2.09. The van der Waals surface area contributed by atoms with Gasteiger partial charge in [-0.05, 0) is 37.0 Å². The second-order valence-electron chi connectivity index (χ2n) is 5.04. The van der Waals surface area contributed by atoms with Gasteiger partial charge in [-0.3, -0.25) is 0 Å². The van der Waals surface area contributed by atoms with Crippen LogP contribution in [0.5, 0.6) is 0 Å². The molecule has 0 spiro atoms. The molecule has 2 rings (SSSR count). The van der Waals surface area contributed by atoms with Gasteiger partial charge in [-0.2, -0.15) is 5.10 Å². The molecular formula is C15H21N3. The molecule has 3 nitrogen and oxygen atoms in total. The number of rotatable bonds is 3. The van der Waals surface area contributed by atoms with Crippen LogP contribution < -0.4 is 5.73 Å². The van der Waals surface area contributed by atoms with Gasteiger partial charge in [0, 0.05) is 12.1 Å². The van der Waals surface area contributed by atoms with Crippen LogP contribution in [0.2, 0.25) is 0 Å². The Morgan fingerprint density at radius 1 is 1.28 bits per heavy atom. The Hall–Kier alpha value is -1.61. The highest BCUT2D eigenvalue weighted by Gasteiger charge is 2.15. The SMILES string of the molecule is Cc1cccc(-n2ncc(CN)c2C(C)C)c1C. The Morgan fingerprint density at radius 2 is 2.00 bits per heavy atom. The zero-order valence-corrected chi connectivity index (χ0v) is 11.6. The summed E-state index contributed by atoms with van der Waals surface area (Å²) in [6.45, 7) is 9.16. The molecule has 2 aromatic rings. The smallest absolute Gasteiger partial charge is 0.0680 e. The summed E-state index contributed by atoms with van der Waals surface area (Å²) in [6.07, 6.45) is 1.89. The van der Waals surface area contributed by atoms with E-state index in [1.165, 1.54) is 16.8 Å². The molecule has 1 aromatic heterocycles. The molecule has 0 saturated carbocycles. The van der Waals surface area contributed by atoms with Crippen molar-refractivity contribution in [3.63, 3.8) is 0 Å². The Kier molecular flexibility index (Phi) is 3.53. The highest BCUT2D eigenvalue weighted by Crippen LogP contribution is 2.25. The van der Waals surface area contributed by atoms with Crippen molar-refractivity contribution in [3.05, 3.63) is 46.8 Å². The number of nitrogens with zero attached hydrogens (tertiary/aromatic N) is 2. The third-order valence-electron chi connectivity index (χ3n) is 3.46. The lowest BCUT2D eigenvalue weighted by Gasteiger charge is -2.15. The van der Waals surface area contributed by atoms with Crippen LogP contribution >= 0.6 is 0 Å². The van der Waals surface area contributed by atoms with Crippen molar-refractivity contribution in [2.45, 2.75) is 40.2 Å². The Morgan fingerprint density at radius 3 is 2.61 bits per heavy atom. The quantitative estimate of drug-likeness (QED) is 0.900. The first-order valence-corrected chi connectivity index (χ1v) is 6.39. The van der Waals surface area contributed by atoms with Crippen molar-refractivity contribution < 1.29 is 0 Å². The molecule has 2 N–H and O–H groups in total. The van der Waals surface area contributed by atoms with E-state index in [0.29, 0.717) is 12.5 Å². The van der Waals surface area contributed by atoms with E-state index in [9.17, 15) is 0 Å². The summed E-state index contributed by atoms with van der Waals surface area (Å²) in [4.78, 5) is 0. The molecule has 0 atom stereocenters. The molecular weight excluding hydrogens is 222 g/mol. The summed E-state index contributed by atoms with van der Waals surface area (Å²) in [5.41, 5.74) is 11.8. The first kappa shape index (κ1) is 12.8. The Bertz CT molecular complexity index is 553. The molecule has 3 heteroatoms. The van der Waals surface area contributed by atoms with E-state index in [4.69, 9.17) is 5.73 Å². The minimum absolute atomic E-state index is 0.408. The van der Waals surface area contributed by atoms with Gasteiger partial charge in [0.1, 0.15) is 0 Å². The Balaban J connectivity index is 2.64. The lowest BCUT2D eigenvalue weighted by atomic mass is 10.0. The van der Waals surface area contributed by atoms with Crippen LogP contribution in [-0.2, 0) is 6.54 Å². The summed E-state index contributed by atoms with van der Waals surface area (Å²) in [5.74, 6) is 0.408. The molecule has 0 amide bonds. The van der Waals surface area contributed by atoms with E-state index in [1.54, 1.807) is 0 Å². The van der Waals surface area contributed by atoms with Gasteiger partial charge in [0.25, 0.3) is 0 Å². The number of hydrogen-bond acceptors (Lipinski definition) is 2. The predicted molar refractivity (Wildman–Crippen MR) is 75.0 cm³/mol. The lowest BCUT2D eigenvalue weighted by molar-refractivity contribution is 0.722. The van der Waals surface area contributed by atoms with Crippen molar-refractivity contribution in [1.82, 2.24) is 9.78 Å².